The Kier molecular flexibility index (Phi) is 3.42. The number of imidazole rings is 1. The van der Waals surface area contributed by atoms with Crippen LogP contribution in [0, 0.1) is 0 Å². The average molecular weight is 400 g/mol. The maximum Gasteiger partial charge on any atom is 0.326 e. The molecule has 10 heteroatoms. The highest BCUT2D eigenvalue weighted by Crippen LogP contribution is 2.23. The lowest BCUT2D eigenvalue weighted by atomic mass is 10.3. The molecule has 3 N–H and O–H groups in total. The van der Waals surface area contributed by atoms with Crippen molar-refractivity contribution in [3.05, 3.63) is 69.9 Å². The molecule has 0 saturated heterocycles. The fourth-order valence-corrected chi connectivity index (χ4v) is 3.49. The second kappa shape index (κ2) is 6.14. The Balaban J connectivity index is 1.65. The van der Waals surface area contributed by atoms with Gasteiger partial charge < -0.3 is 14.7 Å². The van der Waals surface area contributed by atoms with E-state index in [9.17, 15) is 9.90 Å². The first-order chi connectivity index (χ1) is 14.7. The van der Waals surface area contributed by atoms with Crippen molar-refractivity contribution in [2.75, 3.05) is 0 Å². The summed E-state index contributed by atoms with van der Waals surface area (Å²) >= 11 is 0. The SMILES string of the molecule is O=c1[nH]c(O)c(C=c2cnn3c(=NC4CC4)cc(-n4ccc5cnccc54)nc23)[nH]1. The van der Waals surface area contributed by atoms with E-state index < -0.39 is 5.69 Å². The van der Waals surface area contributed by atoms with E-state index in [1.165, 1.54) is 0 Å². The summed E-state index contributed by atoms with van der Waals surface area (Å²) in [7, 11) is 0. The van der Waals surface area contributed by atoms with Gasteiger partial charge >= 0.3 is 5.69 Å². The number of aromatic hydroxyl groups is 1. The zero-order valence-corrected chi connectivity index (χ0v) is 15.6. The van der Waals surface area contributed by atoms with E-state index in [1.807, 2.05) is 35.2 Å². The molecule has 1 fully saturated rings. The first kappa shape index (κ1) is 16.7. The van der Waals surface area contributed by atoms with Crippen molar-refractivity contribution < 1.29 is 5.11 Å². The van der Waals surface area contributed by atoms with Gasteiger partial charge in [-0.3, -0.25) is 15.0 Å². The molecular formula is C20H16N8O2. The van der Waals surface area contributed by atoms with Gasteiger partial charge in [0.25, 0.3) is 0 Å². The summed E-state index contributed by atoms with van der Waals surface area (Å²) in [5, 5.41) is 16.0. The first-order valence-electron chi connectivity index (χ1n) is 9.53. The molecule has 0 unspecified atom stereocenters. The van der Waals surface area contributed by atoms with E-state index >= 15 is 0 Å². The Morgan fingerprint density at radius 2 is 2.13 bits per heavy atom. The van der Waals surface area contributed by atoms with Crippen LogP contribution in [0.1, 0.15) is 18.5 Å². The number of fused-ring (bicyclic) bond motifs is 2. The van der Waals surface area contributed by atoms with Gasteiger partial charge in [-0.1, -0.05) is 0 Å². The van der Waals surface area contributed by atoms with Crippen molar-refractivity contribution in [2.45, 2.75) is 18.9 Å². The highest BCUT2D eigenvalue weighted by Gasteiger charge is 2.20. The maximum absolute atomic E-state index is 11.5. The van der Waals surface area contributed by atoms with E-state index in [0.29, 0.717) is 28.2 Å². The third-order valence-electron chi connectivity index (χ3n) is 5.10. The average Bonchev–Trinajstić information content (AvgIpc) is 3.16. The molecule has 0 spiro atoms. The van der Waals surface area contributed by atoms with Crippen molar-refractivity contribution in [2.24, 2.45) is 4.99 Å². The van der Waals surface area contributed by atoms with Gasteiger partial charge in [0.1, 0.15) is 11.5 Å². The fraction of sp³-hybridized carbons (Fsp3) is 0.150. The quantitative estimate of drug-likeness (QED) is 0.404. The number of nitrogens with one attached hydrogen (secondary N) is 2. The second-order valence-electron chi connectivity index (χ2n) is 7.27. The minimum atomic E-state index is -0.485. The summed E-state index contributed by atoms with van der Waals surface area (Å²) in [4.78, 5) is 30.1. The van der Waals surface area contributed by atoms with Gasteiger partial charge in [-0.05, 0) is 31.1 Å². The van der Waals surface area contributed by atoms with Gasteiger partial charge in [0.2, 0.25) is 5.88 Å². The summed E-state index contributed by atoms with van der Waals surface area (Å²) in [5.74, 6) is 0.465. The third kappa shape index (κ3) is 2.69. The van der Waals surface area contributed by atoms with Gasteiger partial charge in [0.05, 0.1) is 17.8 Å². The highest BCUT2D eigenvalue weighted by atomic mass is 16.3. The number of pyridine rings is 1. The summed E-state index contributed by atoms with van der Waals surface area (Å²) in [6.45, 7) is 0. The number of rotatable bonds is 3. The molecule has 0 amide bonds. The number of aromatic amines is 2. The number of hydrogen-bond donors (Lipinski definition) is 3. The van der Waals surface area contributed by atoms with E-state index in [2.05, 4.69) is 20.1 Å². The molecule has 5 heterocycles. The fourth-order valence-electron chi connectivity index (χ4n) is 3.49. The molecule has 0 bridgehead atoms. The number of H-pyrrole nitrogens is 2. The van der Waals surface area contributed by atoms with Crippen molar-refractivity contribution in [1.29, 1.82) is 0 Å². The zero-order chi connectivity index (χ0) is 20.2. The van der Waals surface area contributed by atoms with Crippen molar-refractivity contribution in [1.82, 2.24) is 34.1 Å². The van der Waals surface area contributed by atoms with Gasteiger partial charge in [-0.25, -0.2) is 9.78 Å². The standard InChI is InChI=1S/C20H16N8O2/c29-19-14(24-20(30)26-19)7-12-10-22-28-17(23-13-1-2-13)8-16(25-18(12)28)27-6-4-11-9-21-5-3-15(11)27/h3-10,13,29H,1-2H2,(H2,24,26,30). The van der Waals surface area contributed by atoms with Gasteiger partial charge in [-0.15, -0.1) is 0 Å². The van der Waals surface area contributed by atoms with Crippen LogP contribution in [0.2, 0.25) is 0 Å². The Hall–Kier alpha value is -4.21. The molecular weight excluding hydrogens is 384 g/mol. The summed E-state index contributed by atoms with van der Waals surface area (Å²) < 4.78 is 3.66. The number of nitrogens with zero attached hydrogens (tertiary/aromatic N) is 6. The Bertz CT molecular complexity index is 1600. The van der Waals surface area contributed by atoms with E-state index in [-0.39, 0.29) is 11.6 Å². The van der Waals surface area contributed by atoms with Gasteiger partial charge in [-0.2, -0.15) is 9.61 Å². The maximum atomic E-state index is 11.5. The molecule has 148 valence electrons. The van der Waals surface area contributed by atoms with Crippen LogP contribution >= 0.6 is 0 Å². The lowest BCUT2D eigenvalue weighted by Gasteiger charge is -2.06. The topological polar surface area (TPSA) is 129 Å². The Morgan fingerprint density at radius 1 is 1.23 bits per heavy atom. The molecule has 1 aliphatic carbocycles. The number of aromatic nitrogens is 7. The summed E-state index contributed by atoms with van der Waals surface area (Å²) in [6.07, 6.45) is 10.9. The lowest BCUT2D eigenvalue weighted by molar-refractivity contribution is 0.454. The van der Waals surface area contributed by atoms with Crippen LogP contribution in [-0.4, -0.2) is 45.3 Å². The normalized spacial score (nSPS) is 15.6. The molecule has 1 saturated carbocycles. The zero-order valence-electron chi connectivity index (χ0n) is 15.6. The predicted octanol–water partition coefficient (Wildman–Crippen LogP) is 0.401. The molecule has 5 aromatic heterocycles. The monoisotopic (exact) mass is 400 g/mol. The first-order valence-corrected chi connectivity index (χ1v) is 9.53. The van der Waals surface area contributed by atoms with Crippen LogP contribution in [0.4, 0.5) is 0 Å². The van der Waals surface area contributed by atoms with Gasteiger partial charge in [0, 0.05) is 35.3 Å². The second-order valence-corrected chi connectivity index (χ2v) is 7.27. The Labute approximate surface area is 167 Å². The Morgan fingerprint density at radius 3 is 2.93 bits per heavy atom. The molecule has 1 aliphatic rings. The summed E-state index contributed by atoms with van der Waals surface area (Å²) in [6, 6.07) is 6.14. The van der Waals surface area contributed by atoms with Crippen LogP contribution in [-0.2, 0) is 0 Å². The molecule has 0 aromatic carbocycles. The van der Waals surface area contributed by atoms with Crippen LogP contribution < -0.4 is 16.4 Å². The highest BCUT2D eigenvalue weighted by molar-refractivity contribution is 5.80. The molecule has 0 radical (unpaired) electrons. The van der Waals surface area contributed by atoms with Crippen molar-refractivity contribution in [3.63, 3.8) is 0 Å². The molecule has 10 nitrogen and oxygen atoms in total. The van der Waals surface area contributed by atoms with Crippen LogP contribution in [0.25, 0.3) is 28.4 Å². The minimum Gasteiger partial charge on any atom is -0.493 e. The molecule has 30 heavy (non-hydrogen) atoms. The number of hydrogen-bond acceptors (Lipinski definition) is 6. The van der Waals surface area contributed by atoms with E-state index in [1.54, 1.807) is 23.0 Å². The van der Waals surface area contributed by atoms with Crippen molar-refractivity contribution >= 4 is 22.6 Å². The third-order valence-corrected chi connectivity index (χ3v) is 5.10. The van der Waals surface area contributed by atoms with Crippen LogP contribution in [0.15, 0.2) is 52.8 Å². The van der Waals surface area contributed by atoms with Crippen LogP contribution in [0.3, 0.4) is 0 Å². The smallest absolute Gasteiger partial charge is 0.326 e. The predicted molar refractivity (Wildman–Crippen MR) is 108 cm³/mol. The lowest BCUT2D eigenvalue weighted by Crippen LogP contribution is -2.20. The largest absolute Gasteiger partial charge is 0.493 e. The molecule has 0 aliphatic heterocycles. The van der Waals surface area contributed by atoms with Crippen LogP contribution in [0.5, 0.6) is 5.88 Å². The summed E-state index contributed by atoms with van der Waals surface area (Å²) in [5.41, 5.74) is 2.04. The molecule has 6 rings (SSSR count). The van der Waals surface area contributed by atoms with E-state index in [0.717, 1.165) is 23.7 Å². The van der Waals surface area contributed by atoms with E-state index in [4.69, 9.17) is 9.98 Å². The van der Waals surface area contributed by atoms with Crippen molar-refractivity contribution in [3.8, 4) is 11.7 Å². The van der Waals surface area contributed by atoms with Gasteiger partial charge in [0.15, 0.2) is 11.1 Å². The molecule has 0 atom stereocenters. The molecule has 5 aromatic rings. The minimum absolute atomic E-state index is 0.234.